The van der Waals surface area contributed by atoms with Crippen molar-refractivity contribution in [1.82, 2.24) is 4.98 Å². The van der Waals surface area contributed by atoms with Crippen molar-refractivity contribution in [2.45, 2.75) is 6.18 Å². The lowest BCUT2D eigenvalue weighted by atomic mass is 10.1. The van der Waals surface area contributed by atoms with Crippen LogP contribution in [0.5, 0.6) is 0 Å². The number of nitro benzene ring substituents is 1. The van der Waals surface area contributed by atoms with Crippen molar-refractivity contribution in [2.75, 3.05) is 5.32 Å². The minimum absolute atomic E-state index is 0.0357. The van der Waals surface area contributed by atoms with Crippen molar-refractivity contribution in [3.8, 4) is 0 Å². The van der Waals surface area contributed by atoms with E-state index in [1.54, 1.807) is 0 Å². The van der Waals surface area contributed by atoms with Gasteiger partial charge in [0.25, 0.3) is 11.6 Å². The van der Waals surface area contributed by atoms with Crippen molar-refractivity contribution in [3.05, 3.63) is 50.5 Å². The lowest BCUT2D eigenvalue weighted by molar-refractivity contribution is -0.385. The van der Waals surface area contributed by atoms with Gasteiger partial charge >= 0.3 is 6.18 Å². The van der Waals surface area contributed by atoms with Crippen LogP contribution in [0.1, 0.15) is 16.1 Å². The molecule has 0 aliphatic heterocycles. The van der Waals surface area contributed by atoms with Crippen molar-refractivity contribution >= 4 is 28.6 Å². The summed E-state index contributed by atoms with van der Waals surface area (Å²) in [6.07, 6.45) is -4.84. The second-order valence-corrected chi connectivity index (χ2v) is 4.53. The molecule has 0 bridgehead atoms. The van der Waals surface area contributed by atoms with Crippen molar-refractivity contribution in [1.29, 1.82) is 0 Å². The second kappa shape index (κ2) is 5.48. The van der Waals surface area contributed by atoms with Gasteiger partial charge < -0.3 is 5.32 Å². The Balaban J connectivity index is 2.39. The van der Waals surface area contributed by atoms with Gasteiger partial charge in [0.1, 0.15) is 5.69 Å². The molecule has 0 fully saturated rings. The zero-order valence-corrected chi connectivity index (χ0v) is 10.9. The van der Waals surface area contributed by atoms with E-state index in [0.717, 1.165) is 23.5 Å². The number of carbonyl (C=O) groups excluding carboxylic acids is 1. The third-order valence-electron chi connectivity index (χ3n) is 2.43. The van der Waals surface area contributed by atoms with E-state index in [-0.39, 0.29) is 5.69 Å². The molecule has 0 atom stereocenters. The van der Waals surface area contributed by atoms with Crippen LogP contribution < -0.4 is 5.32 Å². The Bertz CT molecular complexity index is 686. The Kier molecular flexibility index (Phi) is 3.89. The molecule has 1 N–H and O–H groups in total. The number of benzene rings is 1. The zero-order chi connectivity index (χ0) is 15.6. The van der Waals surface area contributed by atoms with Gasteiger partial charge in [0, 0.05) is 17.5 Å². The fourth-order valence-corrected chi connectivity index (χ4v) is 2.03. The van der Waals surface area contributed by atoms with Crippen LogP contribution in [0.4, 0.5) is 24.5 Å². The Labute approximate surface area is 119 Å². The Morgan fingerprint density at radius 3 is 2.62 bits per heavy atom. The van der Waals surface area contributed by atoms with Crippen LogP contribution in [-0.4, -0.2) is 15.8 Å². The van der Waals surface area contributed by atoms with Crippen LogP contribution in [0, 0.1) is 10.1 Å². The van der Waals surface area contributed by atoms with Gasteiger partial charge in [-0.25, -0.2) is 4.98 Å². The first-order chi connectivity index (χ1) is 9.79. The highest BCUT2D eigenvalue weighted by Crippen LogP contribution is 2.37. The summed E-state index contributed by atoms with van der Waals surface area (Å²) >= 11 is 1.11. The van der Waals surface area contributed by atoms with Gasteiger partial charge in [-0.15, -0.1) is 11.3 Å². The highest BCUT2D eigenvalue weighted by Gasteiger charge is 2.35. The van der Waals surface area contributed by atoms with Crippen molar-refractivity contribution < 1.29 is 22.9 Å². The minimum atomic E-state index is -4.84. The number of alkyl halides is 3. The van der Waals surface area contributed by atoms with E-state index in [0.29, 0.717) is 6.07 Å². The predicted octanol–water partition coefficient (Wildman–Crippen LogP) is 3.32. The average molecular weight is 317 g/mol. The molecule has 0 unspecified atom stereocenters. The van der Waals surface area contributed by atoms with Crippen molar-refractivity contribution in [3.63, 3.8) is 0 Å². The summed E-state index contributed by atoms with van der Waals surface area (Å²) in [6.45, 7) is 0. The summed E-state index contributed by atoms with van der Waals surface area (Å²) in [5, 5.41) is 14.0. The van der Waals surface area contributed by atoms with E-state index < -0.39 is 33.9 Å². The number of anilines is 1. The van der Waals surface area contributed by atoms with E-state index in [2.05, 4.69) is 4.98 Å². The van der Waals surface area contributed by atoms with E-state index in [1.807, 2.05) is 5.32 Å². The number of carbonyl (C=O) groups is 1. The number of non-ortho nitro benzene ring substituents is 1. The molecule has 2 rings (SSSR count). The summed E-state index contributed by atoms with van der Waals surface area (Å²) in [4.78, 5) is 25.0. The minimum Gasteiger partial charge on any atom is -0.320 e. The molecule has 0 aliphatic carbocycles. The molecule has 6 nitrogen and oxygen atoms in total. The first kappa shape index (κ1) is 14.9. The van der Waals surface area contributed by atoms with E-state index in [1.165, 1.54) is 10.9 Å². The van der Waals surface area contributed by atoms with Crippen LogP contribution in [-0.2, 0) is 6.18 Å². The lowest BCUT2D eigenvalue weighted by Gasteiger charge is -2.13. The van der Waals surface area contributed by atoms with Gasteiger partial charge in [-0.05, 0) is 6.07 Å². The van der Waals surface area contributed by atoms with Gasteiger partial charge in [-0.1, -0.05) is 0 Å². The number of hydrogen-bond donors (Lipinski definition) is 1. The molecule has 1 aromatic carbocycles. The fourth-order valence-electron chi connectivity index (χ4n) is 1.50. The fraction of sp³-hybridized carbons (Fsp3) is 0.0909. The third-order valence-corrected chi connectivity index (χ3v) is 3.02. The summed E-state index contributed by atoms with van der Waals surface area (Å²) in [5.41, 5.74) is -1.25. The Hall–Kier alpha value is -2.49. The standard InChI is InChI=1S/C11H6F3N3O3S/c12-11(13,14)7-3-6(17(19)20)1-2-8(7)16-10(18)9-4-21-5-15-9/h1-5H,(H,16,18). The molecule has 21 heavy (non-hydrogen) atoms. The maximum atomic E-state index is 12.9. The largest absolute Gasteiger partial charge is 0.418 e. The molecule has 0 spiro atoms. The third kappa shape index (κ3) is 3.34. The molecule has 0 saturated heterocycles. The summed E-state index contributed by atoms with van der Waals surface area (Å²) in [7, 11) is 0. The monoisotopic (exact) mass is 317 g/mol. The number of amides is 1. The Morgan fingerprint density at radius 2 is 2.10 bits per heavy atom. The van der Waals surface area contributed by atoms with Gasteiger partial charge in [-0.3, -0.25) is 14.9 Å². The maximum Gasteiger partial charge on any atom is 0.418 e. The van der Waals surface area contributed by atoms with Crippen LogP contribution in [0.3, 0.4) is 0 Å². The van der Waals surface area contributed by atoms with Gasteiger partial charge in [-0.2, -0.15) is 13.2 Å². The molecular weight excluding hydrogens is 311 g/mol. The number of halogens is 3. The molecule has 10 heteroatoms. The van der Waals surface area contributed by atoms with Gasteiger partial charge in [0.2, 0.25) is 0 Å². The Morgan fingerprint density at radius 1 is 1.38 bits per heavy atom. The van der Waals surface area contributed by atoms with Crippen LogP contribution in [0.2, 0.25) is 0 Å². The number of hydrogen-bond acceptors (Lipinski definition) is 5. The van der Waals surface area contributed by atoms with Crippen molar-refractivity contribution in [2.24, 2.45) is 0 Å². The van der Waals surface area contributed by atoms with Gasteiger partial charge in [0.05, 0.1) is 21.7 Å². The molecular formula is C11H6F3N3O3S. The van der Waals surface area contributed by atoms with Crippen LogP contribution >= 0.6 is 11.3 Å². The first-order valence-corrected chi connectivity index (χ1v) is 6.28. The molecule has 110 valence electrons. The molecule has 1 aromatic heterocycles. The van der Waals surface area contributed by atoms with E-state index >= 15 is 0 Å². The van der Waals surface area contributed by atoms with Gasteiger partial charge in [0.15, 0.2) is 0 Å². The molecule has 0 radical (unpaired) electrons. The smallest absolute Gasteiger partial charge is 0.320 e. The first-order valence-electron chi connectivity index (χ1n) is 5.34. The second-order valence-electron chi connectivity index (χ2n) is 3.81. The topological polar surface area (TPSA) is 85.1 Å². The normalized spacial score (nSPS) is 11.2. The number of aromatic nitrogens is 1. The van der Waals surface area contributed by atoms with Crippen LogP contribution in [0.15, 0.2) is 29.1 Å². The number of nitro groups is 1. The average Bonchev–Trinajstić information content (AvgIpc) is 2.91. The highest BCUT2D eigenvalue weighted by atomic mass is 32.1. The number of nitrogens with one attached hydrogen (secondary N) is 1. The SMILES string of the molecule is O=C(Nc1ccc([N+](=O)[O-])cc1C(F)(F)F)c1cscn1. The molecule has 0 aliphatic rings. The quantitative estimate of drug-likeness (QED) is 0.695. The number of rotatable bonds is 3. The molecule has 1 heterocycles. The number of nitrogens with zero attached hydrogens (tertiary/aromatic N) is 2. The summed E-state index contributed by atoms with van der Waals surface area (Å²) in [6, 6.07) is 2.09. The van der Waals surface area contributed by atoms with Crippen LogP contribution in [0.25, 0.3) is 0 Å². The summed E-state index contributed by atoms with van der Waals surface area (Å²) < 4.78 is 38.7. The molecule has 0 saturated carbocycles. The number of thiazole rings is 1. The molecule has 1 amide bonds. The van der Waals surface area contributed by atoms with E-state index in [4.69, 9.17) is 0 Å². The van der Waals surface area contributed by atoms with E-state index in [9.17, 15) is 28.1 Å². The molecule has 2 aromatic rings. The maximum absolute atomic E-state index is 12.9. The lowest BCUT2D eigenvalue weighted by Crippen LogP contribution is -2.17. The zero-order valence-electron chi connectivity index (χ0n) is 10.0. The highest BCUT2D eigenvalue weighted by molar-refractivity contribution is 7.07. The summed E-state index contributed by atoms with van der Waals surface area (Å²) in [5.74, 6) is -0.824. The predicted molar refractivity (Wildman–Crippen MR) is 68.2 cm³/mol.